The van der Waals surface area contributed by atoms with Crippen LogP contribution in [0.2, 0.25) is 0 Å². The minimum absolute atomic E-state index is 0.114. The van der Waals surface area contributed by atoms with Gasteiger partial charge in [-0.2, -0.15) is 8.75 Å². The van der Waals surface area contributed by atoms with E-state index in [-0.39, 0.29) is 23.0 Å². The molecule has 0 bridgehead atoms. The molecule has 0 spiro atoms. The molecule has 0 saturated carbocycles. The van der Waals surface area contributed by atoms with E-state index in [9.17, 15) is 13.2 Å². The lowest BCUT2D eigenvalue weighted by Gasteiger charge is -2.14. The second-order valence-electron chi connectivity index (χ2n) is 6.16. The number of nitrogens with zero attached hydrogens (tertiary/aromatic N) is 2. The molecule has 142 valence electrons. The summed E-state index contributed by atoms with van der Waals surface area (Å²) in [6, 6.07) is 10.8. The van der Waals surface area contributed by atoms with Crippen molar-refractivity contribution in [1.29, 1.82) is 0 Å². The summed E-state index contributed by atoms with van der Waals surface area (Å²) < 4.78 is 33.6. The summed E-state index contributed by atoms with van der Waals surface area (Å²) in [5, 5.41) is 2.91. The van der Waals surface area contributed by atoms with Crippen LogP contribution in [0, 0.1) is 0 Å². The standard InChI is InChI=1S/C19H21N3O3S2/c1-3-13-7-5-8-14(4-2)18(13)20-17(23)11-12-27(24,25)16-10-6-9-15-19(16)22-26-21-15/h5-10H,3-4,11-12H2,1-2H3,(H,20,23). The molecule has 27 heavy (non-hydrogen) atoms. The van der Waals surface area contributed by atoms with Gasteiger partial charge in [0.05, 0.1) is 22.4 Å². The first-order valence-electron chi connectivity index (χ1n) is 8.81. The van der Waals surface area contributed by atoms with Gasteiger partial charge in [0, 0.05) is 12.1 Å². The molecule has 3 aromatic rings. The molecule has 0 fully saturated rings. The Morgan fingerprint density at radius 3 is 2.37 bits per heavy atom. The van der Waals surface area contributed by atoms with E-state index in [1.54, 1.807) is 12.1 Å². The van der Waals surface area contributed by atoms with Crippen LogP contribution in [0.3, 0.4) is 0 Å². The molecule has 1 amide bonds. The molecule has 1 heterocycles. The Morgan fingerprint density at radius 1 is 1.04 bits per heavy atom. The number of fused-ring (bicyclic) bond motifs is 1. The monoisotopic (exact) mass is 403 g/mol. The topological polar surface area (TPSA) is 89.0 Å². The van der Waals surface area contributed by atoms with Crippen molar-refractivity contribution in [3.05, 3.63) is 47.5 Å². The Morgan fingerprint density at radius 2 is 1.70 bits per heavy atom. The van der Waals surface area contributed by atoms with E-state index >= 15 is 0 Å². The Hall–Kier alpha value is -2.32. The SMILES string of the molecule is CCc1cccc(CC)c1NC(=O)CCS(=O)(=O)c1cccc2nsnc12. The van der Waals surface area contributed by atoms with Crippen LogP contribution in [0.15, 0.2) is 41.3 Å². The maximum atomic E-state index is 12.7. The zero-order valence-corrected chi connectivity index (χ0v) is 16.9. The minimum atomic E-state index is -3.63. The molecule has 0 aliphatic carbocycles. The zero-order chi connectivity index (χ0) is 19.4. The first kappa shape index (κ1) is 19.4. The predicted octanol–water partition coefficient (Wildman–Crippen LogP) is 3.62. The van der Waals surface area contributed by atoms with Crippen molar-refractivity contribution in [2.45, 2.75) is 38.0 Å². The van der Waals surface area contributed by atoms with Crippen LogP contribution in [-0.2, 0) is 27.5 Å². The summed E-state index contributed by atoms with van der Waals surface area (Å²) >= 11 is 0.974. The summed E-state index contributed by atoms with van der Waals surface area (Å²) in [7, 11) is -3.63. The molecule has 0 atom stereocenters. The average molecular weight is 404 g/mol. The van der Waals surface area contributed by atoms with Gasteiger partial charge < -0.3 is 5.32 Å². The van der Waals surface area contributed by atoms with Crippen molar-refractivity contribution in [2.75, 3.05) is 11.1 Å². The highest BCUT2D eigenvalue weighted by Gasteiger charge is 2.21. The molecule has 0 saturated heterocycles. The smallest absolute Gasteiger partial charge is 0.225 e. The second kappa shape index (κ2) is 8.14. The largest absolute Gasteiger partial charge is 0.326 e. The van der Waals surface area contributed by atoms with Gasteiger partial charge in [0.1, 0.15) is 11.0 Å². The Labute approximate surface area is 162 Å². The number of para-hydroxylation sites is 1. The number of anilines is 1. The van der Waals surface area contributed by atoms with Crippen molar-refractivity contribution in [3.8, 4) is 0 Å². The van der Waals surface area contributed by atoms with Crippen LogP contribution in [-0.4, -0.2) is 28.8 Å². The van der Waals surface area contributed by atoms with Crippen LogP contribution in [0.1, 0.15) is 31.4 Å². The highest BCUT2D eigenvalue weighted by molar-refractivity contribution is 7.91. The molecule has 6 nitrogen and oxygen atoms in total. The summed E-state index contributed by atoms with van der Waals surface area (Å²) in [6.45, 7) is 4.05. The van der Waals surface area contributed by atoms with Crippen molar-refractivity contribution >= 4 is 44.2 Å². The lowest BCUT2D eigenvalue weighted by molar-refractivity contribution is -0.115. The number of carbonyl (C=O) groups excluding carboxylic acids is 1. The molecule has 0 radical (unpaired) electrons. The Balaban J connectivity index is 1.75. The van der Waals surface area contributed by atoms with Crippen LogP contribution < -0.4 is 5.32 Å². The van der Waals surface area contributed by atoms with Gasteiger partial charge in [-0.3, -0.25) is 4.79 Å². The third-order valence-corrected chi connectivity index (χ3v) is 6.73. The van der Waals surface area contributed by atoms with Crippen LogP contribution in [0.5, 0.6) is 0 Å². The van der Waals surface area contributed by atoms with Crippen molar-refractivity contribution < 1.29 is 13.2 Å². The van der Waals surface area contributed by atoms with Gasteiger partial charge in [-0.05, 0) is 36.1 Å². The number of benzene rings is 2. The van der Waals surface area contributed by atoms with Crippen LogP contribution >= 0.6 is 11.7 Å². The maximum absolute atomic E-state index is 12.7. The van der Waals surface area contributed by atoms with Crippen molar-refractivity contribution in [3.63, 3.8) is 0 Å². The third-order valence-electron chi connectivity index (χ3n) is 4.45. The van der Waals surface area contributed by atoms with E-state index in [1.807, 2.05) is 32.0 Å². The summed E-state index contributed by atoms with van der Waals surface area (Å²) in [4.78, 5) is 12.6. The molecular formula is C19H21N3O3S2. The number of aryl methyl sites for hydroxylation is 2. The van der Waals surface area contributed by atoms with Gasteiger partial charge in [-0.1, -0.05) is 38.1 Å². The number of rotatable bonds is 7. The van der Waals surface area contributed by atoms with Gasteiger partial charge in [-0.15, -0.1) is 0 Å². The Bertz CT molecular complexity index is 1050. The normalized spacial score (nSPS) is 11.6. The molecule has 1 N–H and O–H groups in total. The third kappa shape index (κ3) is 4.17. The molecule has 0 aliphatic heterocycles. The summed E-state index contributed by atoms with van der Waals surface area (Å²) in [5.41, 5.74) is 3.81. The number of carbonyl (C=O) groups is 1. The number of hydrogen-bond donors (Lipinski definition) is 1. The first-order valence-corrected chi connectivity index (χ1v) is 11.2. The van der Waals surface area contributed by atoms with Crippen molar-refractivity contribution in [1.82, 2.24) is 8.75 Å². The van der Waals surface area contributed by atoms with Crippen molar-refractivity contribution in [2.24, 2.45) is 0 Å². The predicted molar refractivity (Wildman–Crippen MR) is 108 cm³/mol. The van der Waals surface area contributed by atoms with E-state index in [0.29, 0.717) is 11.0 Å². The maximum Gasteiger partial charge on any atom is 0.225 e. The van der Waals surface area contributed by atoms with Gasteiger partial charge in [0.25, 0.3) is 0 Å². The number of hydrogen-bond acceptors (Lipinski definition) is 6. The van der Waals surface area contributed by atoms with Gasteiger partial charge in [0.2, 0.25) is 5.91 Å². The minimum Gasteiger partial charge on any atom is -0.326 e. The fourth-order valence-electron chi connectivity index (χ4n) is 2.97. The van der Waals surface area contributed by atoms with E-state index in [0.717, 1.165) is 41.4 Å². The molecule has 0 aliphatic rings. The van der Waals surface area contributed by atoms with Gasteiger partial charge in [-0.25, -0.2) is 8.42 Å². The first-order chi connectivity index (χ1) is 13.0. The molecule has 2 aromatic carbocycles. The average Bonchev–Trinajstić information content (AvgIpc) is 3.15. The molecule has 0 unspecified atom stereocenters. The van der Waals surface area contributed by atoms with Crippen LogP contribution in [0.4, 0.5) is 5.69 Å². The van der Waals surface area contributed by atoms with E-state index in [1.165, 1.54) is 6.07 Å². The number of amides is 1. The van der Waals surface area contributed by atoms with E-state index in [4.69, 9.17) is 0 Å². The lowest BCUT2D eigenvalue weighted by Crippen LogP contribution is -2.19. The quantitative estimate of drug-likeness (QED) is 0.651. The zero-order valence-electron chi connectivity index (χ0n) is 15.2. The van der Waals surface area contributed by atoms with Gasteiger partial charge in [0.15, 0.2) is 9.84 Å². The Kier molecular flexibility index (Phi) is 5.86. The molecular weight excluding hydrogens is 382 g/mol. The van der Waals surface area contributed by atoms with E-state index in [2.05, 4.69) is 14.1 Å². The highest BCUT2D eigenvalue weighted by Crippen LogP contribution is 2.24. The lowest BCUT2D eigenvalue weighted by atomic mass is 10.0. The highest BCUT2D eigenvalue weighted by atomic mass is 32.2. The van der Waals surface area contributed by atoms with Crippen LogP contribution in [0.25, 0.3) is 11.0 Å². The fraction of sp³-hybridized carbons (Fsp3) is 0.316. The van der Waals surface area contributed by atoms with Gasteiger partial charge >= 0.3 is 0 Å². The molecule has 3 rings (SSSR count). The number of sulfone groups is 1. The molecule has 1 aromatic heterocycles. The molecule has 8 heteroatoms. The fourth-order valence-corrected chi connectivity index (χ4v) is 4.99. The summed E-state index contributed by atoms with van der Waals surface area (Å²) in [6.07, 6.45) is 1.47. The number of nitrogens with one attached hydrogen (secondary N) is 1. The number of aromatic nitrogens is 2. The second-order valence-corrected chi connectivity index (χ2v) is 8.77. The van der Waals surface area contributed by atoms with E-state index < -0.39 is 9.84 Å². The summed E-state index contributed by atoms with van der Waals surface area (Å²) in [5.74, 6) is -0.580.